The number of nitrogens with one attached hydrogen (secondary N) is 1. The molecule has 1 N–H and O–H groups in total. The van der Waals surface area contributed by atoms with E-state index in [4.69, 9.17) is 4.74 Å². The van der Waals surface area contributed by atoms with Crippen LogP contribution in [0.5, 0.6) is 5.75 Å². The zero-order valence-electron chi connectivity index (χ0n) is 17.7. The van der Waals surface area contributed by atoms with Gasteiger partial charge >= 0.3 is 0 Å². The normalized spacial score (nSPS) is 16.9. The average Bonchev–Trinajstić information content (AvgIpc) is 3.25. The van der Waals surface area contributed by atoms with Crippen molar-refractivity contribution in [2.45, 2.75) is 37.6 Å². The van der Waals surface area contributed by atoms with Crippen LogP contribution in [0.4, 0.5) is 11.5 Å². The number of pyridine rings is 1. The number of nitrogens with zero attached hydrogens (tertiary/aromatic N) is 4. The standard InChI is InChI=1S/C22H25N5O3S/c1-15-11-18(6-7-21(15)30-3)31(28,29)27-10-4-5-20(27)19-13-17(12-16(2)25-19)26-22-14-23-8-9-24-22/h6-9,11-14,20H,4-5,10H2,1-3H3,(H,24,25,26). The maximum atomic E-state index is 13.5. The fraction of sp³-hybridized carbons (Fsp3) is 0.318. The second kappa shape index (κ2) is 8.60. The van der Waals surface area contributed by atoms with E-state index in [9.17, 15) is 8.42 Å². The summed E-state index contributed by atoms with van der Waals surface area (Å²) in [4.78, 5) is 13.2. The predicted molar refractivity (Wildman–Crippen MR) is 118 cm³/mol. The first kappa shape index (κ1) is 21.2. The van der Waals surface area contributed by atoms with Crippen LogP contribution in [0.15, 0.2) is 53.8 Å². The van der Waals surface area contributed by atoms with E-state index >= 15 is 0 Å². The Balaban J connectivity index is 1.66. The molecule has 3 aromatic rings. The summed E-state index contributed by atoms with van der Waals surface area (Å²) in [6.45, 7) is 4.19. The van der Waals surface area contributed by atoms with Gasteiger partial charge in [-0.3, -0.25) is 9.97 Å². The highest BCUT2D eigenvalue weighted by molar-refractivity contribution is 7.89. The van der Waals surface area contributed by atoms with Gasteiger partial charge in [0, 0.05) is 30.3 Å². The molecule has 31 heavy (non-hydrogen) atoms. The van der Waals surface area contributed by atoms with Crippen molar-refractivity contribution >= 4 is 21.5 Å². The predicted octanol–water partition coefficient (Wildman–Crippen LogP) is 3.77. The molecule has 0 spiro atoms. The number of anilines is 2. The van der Waals surface area contributed by atoms with Crippen LogP contribution < -0.4 is 10.1 Å². The topological polar surface area (TPSA) is 97.3 Å². The molecule has 8 nitrogen and oxygen atoms in total. The third-order valence-electron chi connectivity index (χ3n) is 5.33. The molecule has 0 aliphatic carbocycles. The van der Waals surface area contributed by atoms with Crippen molar-refractivity contribution < 1.29 is 13.2 Å². The number of aryl methyl sites for hydroxylation is 2. The number of methoxy groups -OCH3 is 1. The van der Waals surface area contributed by atoms with Gasteiger partial charge in [0.15, 0.2) is 0 Å². The van der Waals surface area contributed by atoms with Crippen molar-refractivity contribution in [3.8, 4) is 5.75 Å². The SMILES string of the molecule is COc1ccc(S(=O)(=O)N2CCCC2c2cc(Nc3cnccn3)cc(C)n2)cc1C. The number of benzene rings is 1. The summed E-state index contributed by atoms with van der Waals surface area (Å²) in [5.74, 6) is 1.28. The molecule has 9 heteroatoms. The zero-order chi connectivity index (χ0) is 22.0. The smallest absolute Gasteiger partial charge is 0.243 e. The Labute approximate surface area is 182 Å². The molecule has 1 aliphatic heterocycles. The van der Waals surface area contributed by atoms with Gasteiger partial charge in [0.05, 0.1) is 29.9 Å². The lowest BCUT2D eigenvalue weighted by atomic mass is 10.1. The molecular formula is C22H25N5O3S. The third-order valence-corrected chi connectivity index (χ3v) is 7.23. The van der Waals surface area contributed by atoms with Gasteiger partial charge in [0.1, 0.15) is 11.6 Å². The Morgan fingerprint density at radius 3 is 2.71 bits per heavy atom. The van der Waals surface area contributed by atoms with Crippen LogP contribution in [0.25, 0.3) is 0 Å². The molecule has 4 rings (SSSR count). The lowest BCUT2D eigenvalue weighted by Crippen LogP contribution is -2.31. The molecule has 0 saturated carbocycles. The Kier molecular flexibility index (Phi) is 5.88. The number of hydrogen-bond acceptors (Lipinski definition) is 7. The van der Waals surface area contributed by atoms with Crippen LogP contribution in [-0.4, -0.2) is 41.3 Å². The molecule has 2 aromatic heterocycles. The van der Waals surface area contributed by atoms with Gasteiger partial charge in [0.25, 0.3) is 0 Å². The summed E-state index contributed by atoms with van der Waals surface area (Å²) in [6, 6.07) is 8.42. The van der Waals surface area contributed by atoms with Gasteiger partial charge in [-0.25, -0.2) is 13.4 Å². The first-order valence-electron chi connectivity index (χ1n) is 10.1. The van der Waals surface area contributed by atoms with E-state index in [1.807, 2.05) is 26.0 Å². The van der Waals surface area contributed by atoms with Gasteiger partial charge in [-0.15, -0.1) is 0 Å². The second-order valence-electron chi connectivity index (χ2n) is 7.54. The lowest BCUT2D eigenvalue weighted by molar-refractivity contribution is 0.389. The van der Waals surface area contributed by atoms with Crippen molar-refractivity contribution in [2.75, 3.05) is 19.0 Å². The van der Waals surface area contributed by atoms with E-state index < -0.39 is 10.0 Å². The molecule has 162 valence electrons. The number of ether oxygens (including phenoxy) is 1. The Morgan fingerprint density at radius 1 is 1.16 bits per heavy atom. The highest BCUT2D eigenvalue weighted by Crippen LogP contribution is 2.37. The second-order valence-corrected chi connectivity index (χ2v) is 9.43. The molecule has 1 atom stereocenters. The first-order valence-corrected chi connectivity index (χ1v) is 11.5. The average molecular weight is 440 g/mol. The fourth-order valence-corrected chi connectivity index (χ4v) is 5.67. The van der Waals surface area contributed by atoms with E-state index in [-0.39, 0.29) is 10.9 Å². The number of hydrogen-bond donors (Lipinski definition) is 1. The summed E-state index contributed by atoms with van der Waals surface area (Å²) in [6.07, 6.45) is 6.35. The minimum atomic E-state index is -3.67. The Bertz CT molecular complexity index is 1190. The number of rotatable bonds is 6. The summed E-state index contributed by atoms with van der Waals surface area (Å²) < 4.78 is 33.7. The Morgan fingerprint density at radius 2 is 2.00 bits per heavy atom. The van der Waals surface area contributed by atoms with Gasteiger partial charge in [0.2, 0.25) is 10.0 Å². The summed E-state index contributed by atoms with van der Waals surface area (Å²) >= 11 is 0. The monoisotopic (exact) mass is 439 g/mol. The van der Waals surface area contributed by atoms with Crippen LogP contribution in [0.3, 0.4) is 0 Å². The molecule has 1 unspecified atom stereocenters. The largest absolute Gasteiger partial charge is 0.496 e. The van der Waals surface area contributed by atoms with Gasteiger partial charge in [-0.1, -0.05) is 0 Å². The van der Waals surface area contributed by atoms with Gasteiger partial charge in [-0.05, 0) is 62.6 Å². The van der Waals surface area contributed by atoms with E-state index in [1.54, 1.807) is 48.2 Å². The number of sulfonamides is 1. The van der Waals surface area contributed by atoms with E-state index in [2.05, 4.69) is 20.3 Å². The van der Waals surface area contributed by atoms with Crippen molar-refractivity contribution in [1.82, 2.24) is 19.3 Å². The van der Waals surface area contributed by atoms with E-state index in [0.717, 1.165) is 35.5 Å². The molecule has 0 bridgehead atoms. The van der Waals surface area contributed by atoms with Crippen LogP contribution in [0.1, 0.15) is 35.8 Å². The summed E-state index contributed by atoms with van der Waals surface area (Å²) in [5, 5.41) is 3.22. The minimum absolute atomic E-state index is 0.267. The quantitative estimate of drug-likeness (QED) is 0.624. The molecule has 0 radical (unpaired) electrons. The first-order chi connectivity index (χ1) is 14.9. The number of aromatic nitrogens is 3. The van der Waals surface area contributed by atoms with Crippen LogP contribution in [0, 0.1) is 13.8 Å². The highest BCUT2D eigenvalue weighted by Gasteiger charge is 2.37. The van der Waals surface area contributed by atoms with Gasteiger partial charge in [-0.2, -0.15) is 4.31 Å². The highest BCUT2D eigenvalue weighted by atomic mass is 32.2. The van der Waals surface area contributed by atoms with Crippen LogP contribution >= 0.6 is 0 Å². The van der Waals surface area contributed by atoms with Gasteiger partial charge < -0.3 is 10.1 Å². The Hall–Kier alpha value is -3.04. The maximum absolute atomic E-state index is 13.5. The van der Waals surface area contributed by atoms with Crippen molar-refractivity contribution in [2.24, 2.45) is 0 Å². The molecular weight excluding hydrogens is 414 g/mol. The van der Waals surface area contributed by atoms with Crippen LogP contribution in [-0.2, 0) is 10.0 Å². The summed E-state index contributed by atoms with van der Waals surface area (Å²) in [7, 11) is -2.10. The lowest BCUT2D eigenvalue weighted by Gasteiger charge is -2.25. The third kappa shape index (κ3) is 4.38. The van der Waals surface area contributed by atoms with Crippen molar-refractivity contribution in [1.29, 1.82) is 0 Å². The fourth-order valence-electron chi connectivity index (χ4n) is 3.92. The molecule has 1 saturated heterocycles. The minimum Gasteiger partial charge on any atom is -0.496 e. The molecule has 0 amide bonds. The van der Waals surface area contributed by atoms with Crippen molar-refractivity contribution in [3.05, 3.63) is 65.9 Å². The van der Waals surface area contributed by atoms with E-state index in [0.29, 0.717) is 18.1 Å². The van der Waals surface area contributed by atoms with Crippen LogP contribution in [0.2, 0.25) is 0 Å². The van der Waals surface area contributed by atoms with Crippen molar-refractivity contribution in [3.63, 3.8) is 0 Å². The molecule has 1 aromatic carbocycles. The van der Waals surface area contributed by atoms with E-state index in [1.165, 1.54) is 0 Å². The molecule has 1 aliphatic rings. The zero-order valence-corrected chi connectivity index (χ0v) is 18.6. The maximum Gasteiger partial charge on any atom is 0.243 e. The summed E-state index contributed by atoms with van der Waals surface area (Å²) in [5.41, 5.74) is 3.10. The molecule has 3 heterocycles. The molecule has 1 fully saturated rings.